The molecule has 1 saturated heterocycles. The number of carbonyl (C=O) groups excluding carboxylic acids is 1. The van der Waals surface area contributed by atoms with E-state index in [0.29, 0.717) is 18.5 Å². The number of likely N-dealkylation sites (N-methyl/N-ethyl adjacent to an activating group) is 1. The highest BCUT2D eigenvalue weighted by molar-refractivity contribution is 5.80. The molecule has 0 aromatic rings. The molecule has 0 aromatic carbocycles. The number of hydrogen-bond acceptors (Lipinski definition) is 3. The lowest BCUT2D eigenvalue weighted by molar-refractivity contribution is -0.129. The van der Waals surface area contributed by atoms with Gasteiger partial charge in [0.2, 0.25) is 5.91 Å². The Morgan fingerprint density at radius 3 is 2.77 bits per heavy atom. The molecule has 1 amide bonds. The van der Waals surface area contributed by atoms with Gasteiger partial charge in [0.1, 0.15) is 0 Å². The number of rotatable bonds is 7. The van der Waals surface area contributed by atoms with Crippen LogP contribution >= 0.6 is 0 Å². The quantitative estimate of drug-likeness (QED) is 0.541. The zero-order chi connectivity index (χ0) is 16.5. The fourth-order valence-electron chi connectivity index (χ4n) is 2.60. The monoisotopic (exact) mass is 311 g/mol. The molecule has 22 heavy (non-hydrogen) atoms. The van der Waals surface area contributed by atoms with E-state index in [1.807, 2.05) is 11.8 Å². The Labute approximate surface area is 135 Å². The van der Waals surface area contributed by atoms with Crippen molar-refractivity contribution in [1.82, 2.24) is 20.4 Å². The third-order valence-corrected chi connectivity index (χ3v) is 4.51. The Kier molecular flexibility index (Phi) is 8.24. The van der Waals surface area contributed by atoms with Crippen molar-refractivity contribution in [3.63, 3.8) is 0 Å². The summed E-state index contributed by atoms with van der Waals surface area (Å²) >= 11 is 0. The van der Waals surface area contributed by atoms with Crippen molar-refractivity contribution in [2.75, 3.05) is 40.3 Å². The predicted octanol–water partition coefficient (Wildman–Crippen LogP) is 0.893. The van der Waals surface area contributed by atoms with Crippen LogP contribution in [0.2, 0.25) is 0 Å². The lowest BCUT2D eigenvalue weighted by Gasteiger charge is -2.24. The minimum atomic E-state index is 0.238. The fraction of sp³-hybridized carbons (Fsp3) is 0.875. The highest BCUT2D eigenvalue weighted by Gasteiger charge is 2.25. The standard InChI is InChI=1S/C16H33N5O/c1-6-13(3)20(5)11-9-18-16(17-4)19-14-8-10-21(12-14)15(22)7-2/h13-14H,6-12H2,1-5H3,(H2,17,18,19). The van der Waals surface area contributed by atoms with E-state index in [1.165, 1.54) is 0 Å². The molecule has 6 nitrogen and oxygen atoms in total. The van der Waals surface area contributed by atoms with E-state index in [0.717, 1.165) is 45.0 Å². The van der Waals surface area contributed by atoms with E-state index in [9.17, 15) is 4.79 Å². The molecule has 128 valence electrons. The van der Waals surface area contributed by atoms with Gasteiger partial charge in [0, 0.05) is 51.7 Å². The molecule has 2 atom stereocenters. The van der Waals surface area contributed by atoms with Gasteiger partial charge >= 0.3 is 0 Å². The Balaban J connectivity index is 2.30. The van der Waals surface area contributed by atoms with Crippen molar-refractivity contribution in [1.29, 1.82) is 0 Å². The second-order valence-corrected chi connectivity index (χ2v) is 6.06. The molecule has 1 aliphatic heterocycles. The van der Waals surface area contributed by atoms with E-state index in [1.54, 1.807) is 7.05 Å². The molecule has 0 spiro atoms. The molecule has 1 heterocycles. The summed E-state index contributed by atoms with van der Waals surface area (Å²) in [5.41, 5.74) is 0. The number of hydrogen-bond donors (Lipinski definition) is 2. The summed E-state index contributed by atoms with van der Waals surface area (Å²) in [7, 11) is 3.94. The molecular formula is C16H33N5O. The van der Waals surface area contributed by atoms with Gasteiger partial charge in [-0.25, -0.2) is 0 Å². The smallest absolute Gasteiger partial charge is 0.222 e. The van der Waals surface area contributed by atoms with Crippen molar-refractivity contribution >= 4 is 11.9 Å². The number of aliphatic imine (C=N–C) groups is 1. The van der Waals surface area contributed by atoms with Crippen LogP contribution in [0.5, 0.6) is 0 Å². The molecule has 2 N–H and O–H groups in total. The van der Waals surface area contributed by atoms with Crippen molar-refractivity contribution in [3.05, 3.63) is 0 Å². The van der Waals surface area contributed by atoms with E-state index in [2.05, 4.69) is 41.4 Å². The van der Waals surface area contributed by atoms with Gasteiger partial charge in [-0.1, -0.05) is 13.8 Å². The summed E-state index contributed by atoms with van der Waals surface area (Å²) in [6.45, 7) is 9.84. The van der Waals surface area contributed by atoms with Crippen LogP contribution in [0.4, 0.5) is 0 Å². The molecule has 2 unspecified atom stereocenters. The normalized spacial score (nSPS) is 20.4. The maximum Gasteiger partial charge on any atom is 0.222 e. The third kappa shape index (κ3) is 5.83. The van der Waals surface area contributed by atoms with Crippen LogP contribution in [0.15, 0.2) is 4.99 Å². The van der Waals surface area contributed by atoms with Crippen LogP contribution in [0.3, 0.4) is 0 Å². The second-order valence-electron chi connectivity index (χ2n) is 6.06. The second kappa shape index (κ2) is 9.66. The van der Waals surface area contributed by atoms with Gasteiger partial charge in [0.25, 0.3) is 0 Å². The lowest BCUT2D eigenvalue weighted by atomic mass is 10.2. The van der Waals surface area contributed by atoms with E-state index in [-0.39, 0.29) is 5.91 Å². The van der Waals surface area contributed by atoms with Crippen molar-refractivity contribution < 1.29 is 4.79 Å². The Hall–Kier alpha value is -1.30. The van der Waals surface area contributed by atoms with Gasteiger partial charge in [-0.2, -0.15) is 0 Å². The maximum absolute atomic E-state index is 11.7. The summed E-state index contributed by atoms with van der Waals surface area (Å²) in [4.78, 5) is 20.3. The number of nitrogens with zero attached hydrogens (tertiary/aromatic N) is 3. The Morgan fingerprint density at radius 1 is 1.45 bits per heavy atom. The molecule has 0 aromatic heterocycles. The summed E-state index contributed by atoms with van der Waals surface area (Å²) in [6.07, 6.45) is 2.73. The minimum Gasteiger partial charge on any atom is -0.355 e. The summed E-state index contributed by atoms with van der Waals surface area (Å²) < 4.78 is 0. The zero-order valence-corrected chi connectivity index (χ0v) is 14.9. The fourth-order valence-corrected chi connectivity index (χ4v) is 2.60. The molecule has 1 aliphatic rings. The summed E-state index contributed by atoms with van der Waals surface area (Å²) in [6, 6.07) is 0.897. The lowest BCUT2D eigenvalue weighted by Crippen LogP contribution is -2.47. The van der Waals surface area contributed by atoms with Gasteiger partial charge in [-0.3, -0.25) is 9.79 Å². The van der Waals surface area contributed by atoms with Gasteiger partial charge in [0.15, 0.2) is 5.96 Å². The van der Waals surface area contributed by atoms with Crippen molar-refractivity contribution in [2.24, 2.45) is 4.99 Å². The number of likely N-dealkylation sites (tertiary alicyclic amines) is 1. The summed E-state index contributed by atoms with van der Waals surface area (Å²) in [5.74, 6) is 1.07. The number of amides is 1. The number of guanidine groups is 1. The van der Waals surface area contributed by atoms with E-state index < -0.39 is 0 Å². The van der Waals surface area contributed by atoms with Crippen LogP contribution < -0.4 is 10.6 Å². The average Bonchev–Trinajstić information content (AvgIpc) is 3.00. The minimum absolute atomic E-state index is 0.238. The first-order valence-electron chi connectivity index (χ1n) is 8.46. The van der Waals surface area contributed by atoms with Crippen LogP contribution in [0.25, 0.3) is 0 Å². The Bertz CT molecular complexity index is 372. The maximum atomic E-state index is 11.7. The topological polar surface area (TPSA) is 60.0 Å². The first-order chi connectivity index (χ1) is 10.5. The third-order valence-electron chi connectivity index (χ3n) is 4.51. The first kappa shape index (κ1) is 18.7. The van der Waals surface area contributed by atoms with E-state index in [4.69, 9.17) is 0 Å². The molecular weight excluding hydrogens is 278 g/mol. The molecule has 0 bridgehead atoms. The van der Waals surface area contributed by atoms with Crippen molar-refractivity contribution in [2.45, 2.75) is 52.1 Å². The van der Waals surface area contributed by atoms with Gasteiger partial charge in [-0.05, 0) is 26.8 Å². The summed E-state index contributed by atoms with van der Waals surface area (Å²) in [5, 5.41) is 6.78. The number of carbonyl (C=O) groups is 1. The van der Waals surface area contributed by atoms with Crippen LogP contribution in [0.1, 0.15) is 40.0 Å². The van der Waals surface area contributed by atoms with Crippen LogP contribution in [-0.2, 0) is 4.79 Å². The average molecular weight is 311 g/mol. The molecule has 1 fully saturated rings. The molecule has 0 radical (unpaired) electrons. The molecule has 0 saturated carbocycles. The van der Waals surface area contributed by atoms with Crippen LogP contribution in [0, 0.1) is 0 Å². The SMILES string of the molecule is CCC(=O)N1CCC(NC(=NC)NCCN(C)C(C)CC)C1. The van der Waals surface area contributed by atoms with Crippen molar-refractivity contribution in [3.8, 4) is 0 Å². The van der Waals surface area contributed by atoms with E-state index >= 15 is 0 Å². The first-order valence-corrected chi connectivity index (χ1v) is 8.46. The largest absolute Gasteiger partial charge is 0.355 e. The van der Waals surface area contributed by atoms with Gasteiger partial charge < -0.3 is 20.4 Å². The highest BCUT2D eigenvalue weighted by atomic mass is 16.2. The molecule has 1 rings (SSSR count). The van der Waals surface area contributed by atoms with Gasteiger partial charge in [0.05, 0.1) is 0 Å². The van der Waals surface area contributed by atoms with Crippen LogP contribution in [-0.4, -0.2) is 74.0 Å². The Morgan fingerprint density at radius 2 is 2.18 bits per heavy atom. The number of nitrogens with one attached hydrogen (secondary N) is 2. The zero-order valence-electron chi connectivity index (χ0n) is 14.9. The van der Waals surface area contributed by atoms with Gasteiger partial charge in [-0.15, -0.1) is 0 Å². The predicted molar refractivity (Wildman–Crippen MR) is 92.2 cm³/mol. The molecule has 0 aliphatic carbocycles. The molecule has 6 heteroatoms. The highest BCUT2D eigenvalue weighted by Crippen LogP contribution is 2.10.